The minimum Gasteiger partial charge on any atom is -0.304 e. The Labute approximate surface area is 151 Å². The van der Waals surface area contributed by atoms with Crippen molar-refractivity contribution < 1.29 is 4.79 Å². The summed E-state index contributed by atoms with van der Waals surface area (Å²) >= 11 is 0. The van der Waals surface area contributed by atoms with Gasteiger partial charge in [0.1, 0.15) is 5.82 Å². The largest absolute Gasteiger partial charge is 0.304 e. The lowest BCUT2D eigenvalue weighted by atomic mass is 10.1. The molecule has 0 N–H and O–H groups in total. The summed E-state index contributed by atoms with van der Waals surface area (Å²) in [5.41, 5.74) is 3.19. The van der Waals surface area contributed by atoms with Crippen LogP contribution in [-0.4, -0.2) is 20.5 Å². The molecule has 2 aromatic heterocycles. The highest BCUT2D eigenvalue weighted by Crippen LogP contribution is 2.20. The first-order valence-corrected chi connectivity index (χ1v) is 8.44. The van der Waals surface area contributed by atoms with Crippen LogP contribution >= 0.6 is 0 Å². The fourth-order valence-electron chi connectivity index (χ4n) is 2.95. The van der Waals surface area contributed by atoms with Crippen molar-refractivity contribution in [2.75, 3.05) is 4.90 Å². The molecule has 1 amide bonds. The monoisotopic (exact) mass is 342 g/mol. The zero-order chi connectivity index (χ0) is 17.9. The number of aryl methyl sites for hydroxylation is 1. The van der Waals surface area contributed by atoms with Crippen molar-refractivity contribution in [3.8, 4) is 0 Å². The predicted octanol–water partition coefficient (Wildman–Crippen LogP) is 3.88. The molecule has 0 bridgehead atoms. The molecule has 5 heteroatoms. The molecule has 0 saturated heterocycles. The summed E-state index contributed by atoms with van der Waals surface area (Å²) in [7, 11) is 0. The normalized spacial score (nSPS) is 10.8. The second-order valence-electron chi connectivity index (χ2n) is 6.10. The molecule has 0 unspecified atom stereocenters. The van der Waals surface area contributed by atoms with Gasteiger partial charge in [0.15, 0.2) is 5.65 Å². The molecule has 0 aliphatic carbocycles. The first kappa shape index (κ1) is 16.0. The fraction of sp³-hybridized carbons (Fsp3) is 0.0952. The first-order chi connectivity index (χ1) is 12.7. The lowest BCUT2D eigenvalue weighted by molar-refractivity contribution is 0.0985. The van der Waals surface area contributed by atoms with Crippen LogP contribution in [0.1, 0.15) is 21.7 Å². The molecule has 0 fully saturated rings. The topological polar surface area (TPSA) is 50.5 Å². The minimum atomic E-state index is -0.0665. The number of carbonyl (C=O) groups is 1. The molecule has 5 nitrogen and oxygen atoms in total. The molecule has 0 aliphatic rings. The van der Waals surface area contributed by atoms with Gasteiger partial charge in [-0.2, -0.15) is 0 Å². The summed E-state index contributed by atoms with van der Waals surface area (Å²) in [4.78, 5) is 15.1. The second kappa shape index (κ2) is 6.80. The molecule has 0 radical (unpaired) electrons. The smallest absolute Gasteiger partial charge is 0.258 e. The van der Waals surface area contributed by atoms with Gasteiger partial charge in [-0.1, -0.05) is 48.5 Å². The maximum Gasteiger partial charge on any atom is 0.258 e. The van der Waals surface area contributed by atoms with E-state index in [0.717, 1.165) is 17.1 Å². The third-order valence-corrected chi connectivity index (χ3v) is 4.32. The Morgan fingerprint density at radius 1 is 0.962 bits per heavy atom. The number of pyridine rings is 1. The van der Waals surface area contributed by atoms with Gasteiger partial charge in [-0.25, -0.2) is 0 Å². The first-order valence-electron chi connectivity index (χ1n) is 8.44. The average Bonchev–Trinajstić information content (AvgIpc) is 3.07. The van der Waals surface area contributed by atoms with Crippen LogP contribution < -0.4 is 4.90 Å². The third-order valence-electron chi connectivity index (χ3n) is 4.32. The van der Waals surface area contributed by atoms with Crippen LogP contribution in [0.25, 0.3) is 5.65 Å². The van der Waals surface area contributed by atoms with Gasteiger partial charge in [-0.15, -0.1) is 10.2 Å². The number of nitrogens with zero attached hydrogens (tertiary/aromatic N) is 4. The Kier molecular flexibility index (Phi) is 4.19. The number of aromatic nitrogens is 3. The molecule has 0 atom stereocenters. The van der Waals surface area contributed by atoms with Crippen LogP contribution in [-0.2, 0) is 6.54 Å². The van der Waals surface area contributed by atoms with Crippen LogP contribution in [0.2, 0.25) is 0 Å². The van der Waals surface area contributed by atoms with Crippen LogP contribution in [0, 0.1) is 6.92 Å². The molecule has 0 spiro atoms. The van der Waals surface area contributed by atoms with Crippen molar-refractivity contribution in [2.24, 2.45) is 0 Å². The van der Waals surface area contributed by atoms with E-state index in [4.69, 9.17) is 0 Å². The van der Waals surface area contributed by atoms with E-state index in [1.54, 1.807) is 11.0 Å². The van der Waals surface area contributed by atoms with Gasteiger partial charge in [-0.05, 0) is 36.8 Å². The number of amides is 1. The van der Waals surface area contributed by atoms with Crippen molar-refractivity contribution in [3.05, 3.63) is 95.9 Å². The standard InChI is InChI=1S/C21H18N4O/c1-16-22-23-20-14-18(12-13-24(16)20)21(26)25(19-10-6-3-7-11-19)15-17-8-4-2-5-9-17/h2-14H,15H2,1H3. The summed E-state index contributed by atoms with van der Waals surface area (Å²) in [6, 6.07) is 23.3. The lowest BCUT2D eigenvalue weighted by Gasteiger charge is -2.23. The Morgan fingerprint density at radius 3 is 2.38 bits per heavy atom. The van der Waals surface area contributed by atoms with E-state index in [-0.39, 0.29) is 5.91 Å². The Balaban J connectivity index is 1.73. The molecular formula is C21H18N4O. The van der Waals surface area contributed by atoms with Gasteiger partial charge >= 0.3 is 0 Å². The van der Waals surface area contributed by atoms with Crippen LogP contribution in [0.5, 0.6) is 0 Å². The van der Waals surface area contributed by atoms with Crippen LogP contribution in [0.4, 0.5) is 5.69 Å². The minimum absolute atomic E-state index is 0.0665. The molecule has 2 aromatic carbocycles. The summed E-state index contributed by atoms with van der Waals surface area (Å²) in [5, 5.41) is 8.17. The molecule has 2 heterocycles. The van der Waals surface area contributed by atoms with Gasteiger partial charge in [0.2, 0.25) is 0 Å². The number of carbonyl (C=O) groups excluding carboxylic acids is 1. The maximum absolute atomic E-state index is 13.3. The number of anilines is 1. The van der Waals surface area contributed by atoms with E-state index in [1.165, 1.54) is 0 Å². The van der Waals surface area contributed by atoms with E-state index in [0.29, 0.717) is 17.8 Å². The molecule has 4 rings (SSSR count). The summed E-state index contributed by atoms with van der Waals surface area (Å²) < 4.78 is 1.86. The van der Waals surface area contributed by atoms with Gasteiger partial charge in [0.25, 0.3) is 5.91 Å². The number of para-hydroxylation sites is 1. The van der Waals surface area contributed by atoms with Gasteiger partial charge in [0.05, 0.1) is 6.54 Å². The number of rotatable bonds is 4. The third kappa shape index (κ3) is 3.07. The fourth-order valence-corrected chi connectivity index (χ4v) is 2.95. The van der Waals surface area contributed by atoms with E-state index >= 15 is 0 Å². The second-order valence-corrected chi connectivity index (χ2v) is 6.10. The summed E-state index contributed by atoms with van der Waals surface area (Å²) in [6.07, 6.45) is 1.84. The van der Waals surface area contributed by atoms with Crippen molar-refractivity contribution in [3.63, 3.8) is 0 Å². The molecule has 26 heavy (non-hydrogen) atoms. The molecule has 128 valence electrons. The predicted molar refractivity (Wildman–Crippen MR) is 101 cm³/mol. The highest BCUT2D eigenvalue weighted by Gasteiger charge is 2.19. The van der Waals surface area contributed by atoms with Gasteiger partial charge < -0.3 is 4.90 Å². The maximum atomic E-state index is 13.3. The number of hydrogen-bond acceptors (Lipinski definition) is 3. The number of hydrogen-bond donors (Lipinski definition) is 0. The zero-order valence-electron chi connectivity index (χ0n) is 14.4. The van der Waals surface area contributed by atoms with Crippen LogP contribution in [0.15, 0.2) is 79.0 Å². The zero-order valence-corrected chi connectivity index (χ0v) is 14.4. The van der Waals surface area contributed by atoms with E-state index in [2.05, 4.69) is 10.2 Å². The SMILES string of the molecule is Cc1nnc2cc(C(=O)N(Cc3ccccc3)c3ccccc3)ccn12. The molecule has 0 aliphatic heterocycles. The van der Waals surface area contributed by atoms with Crippen molar-refractivity contribution in [1.82, 2.24) is 14.6 Å². The van der Waals surface area contributed by atoms with Gasteiger partial charge in [-0.3, -0.25) is 9.20 Å². The van der Waals surface area contributed by atoms with Crippen LogP contribution in [0.3, 0.4) is 0 Å². The highest BCUT2D eigenvalue weighted by molar-refractivity contribution is 6.06. The lowest BCUT2D eigenvalue weighted by Crippen LogP contribution is -2.30. The van der Waals surface area contributed by atoms with E-state index in [1.807, 2.05) is 84.3 Å². The van der Waals surface area contributed by atoms with Crippen molar-refractivity contribution in [1.29, 1.82) is 0 Å². The number of benzene rings is 2. The quantitative estimate of drug-likeness (QED) is 0.565. The van der Waals surface area contributed by atoms with E-state index < -0.39 is 0 Å². The average molecular weight is 342 g/mol. The molecular weight excluding hydrogens is 324 g/mol. The van der Waals surface area contributed by atoms with Gasteiger partial charge in [0, 0.05) is 17.4 Å². The summed E-state index contributed by atoms with van der Waals surface area (Å²) in [5.74, 6) is 0.728. The summed E-state index contributed by atoms with van der Waals surface area (Å²) in [6.45, 7) is 2.38. The molecule has 0 saturated carbocycles. The highest BCUT2D eigenvalue weighted by atomic mass is 16.2. The Bertz CT molecular complexity index is 1040. The molecule has 4 aromatic rings. The van der Waals surface area contributed by atoms with E-state index in [9.17, 15) is 4.79 Å². The Hall–Kier alpha value is -3.47. The number of fused-ring (bicyclic) bond motifs is 1. The Morgan fingerprint density at radius 2 is 1.65 bits per heavy atom. The van der Waals surface area contributed by atoms with Crippen molar-refractivity contribution in [2.45, 2.75) is 13.5 Å². The van der Waals surface area contributed by atoms with Crippen molar-refractivity contribution >= 4 is 17.2 Å².